The summed E-state index contributed by atoms with van der Waals surface area (Å²) in [4.78, 5) is 12.4. The monoisotopic (exact) mass is 275 g/mol. The number of unbranched alkanes of at least 4 members (excludes halogenated alkanes) is 1. The van der Waals surface area contributed by atoms with Gasteiger partial charge in [-0.05, 0) is 31.6 Å². The number of rotatable bonds is 5. The van der Waals surface area contributed by atoms with Gasteiger partial charge in [0.2, 0.25) is 5.91 Å². The number of hydrogen-bond donors (Lipinski definition) is 2. The highest BCUT2D eigenvalue weighted by Crippen LogP contribution is 2.67. The van der Waals surface area contributed by atoms with Crippen LogP contribution in [0.1, 0.15) is 32.1 Å². The summed E-state index contributed by atoms with van der Waals surface area (Å²) in [6.45, 7) is 0.915. The van der Waals surface area contributed by atoms with Crippen LogP contribution in [0.2, 0.25) is 0 Å². The molecule has 4 heteroatoms. The number of carbonyl (C=O) groups excluding carboxylic acids is 1. The third-order valence-corrected chi connectivity index (χ3v) is 5.25. The van der Waals surface area contributed by atoms with Crippen molar-refractivity contribution in [2.75, 3.05) is 13.2 Å². The topological polar surface area (TPSA) is 49.3 Å². The Hall–Kier alpha value is -0.0900. The normalized spacial score (nSPS) is 37.5. The maximum atomic E-state index is 12.0. The fraction of sp³-hybridized carbons (Fsp3) is 0.909. The molecule has 2 aliphatic rings. The maximum absolute atomic E-state index is 12.0. The van der Waals surface area contributed by atoms with Crippen LogP contribution in [0.25, 0.3) is 0 Å². The number of halogens is 1. The van der Waals surface area contributed by atoms with E-state index in [1.165, 1.54) is 12.8 Å². The first kappa shape index (κ1) is 11.4. The maximum Gasteiger partial charge on any atom is 0.227 e. The van der Waals surface area contributed by atoms with Crippen molar-refractivity contribution in [1.82, 2.24) is 5.32 Å². The third-order valence-electron chi connectivity index (χ3n) is 3.80. The van der Waals surface area contributed by atoms with E-state index in [0.717, 1.165) is 19.3 Å². The van der Waals surface area contributed by atoms with Gasteiger partial charge in [0.15, 0.2) is 0 Å². The molecule has 0 aromatic heterocycles. The van der Waals surface area contributed by atoms with Crippen LogP contribution >= 0.6 is 15.9 Å². The third kappa shape index (κ3) is 1.82. The molecule has 0 saturated heterocycles. The van der Waals surface area contributed by atoms with E-state index < -0.39 is 0 Å². The van der Waals surface area contributed by atoms with Crippen LogP contribution < -0.4 is 5.32 Å². The Morgan fingerprint density at radius 1 is 1.53 bits per heavy atom. The van der Waals surface area contributed by atoms with Crippen molar-refractivity contribution in [3.05, 3.63) is 0 Å². The molecule has 2 aliphatic carbocycles. The summed E-state index contributed by atoms with van der Waals surface area (Å²) in [5.74, 6) is 0.806. The van der Waals surface area contributed by atoms with Crippen molar-refractivity contribution in [2.45, 2.75) is 36.9 Å². The second-order valence-corrected chi connectivity index (χ2v) is 5.61. The highest BCUT2D eigenvalue weighted by atomic mass is 79.9. The molecule has 0 spiro atoms. The Balaban J connectivity index is 1.77. The summed E-state index contributed by atoms with van der Waals surface area (Å²) in [5.41, 5.74) is -0.0702. The quantitative estimate of drug-likeness (QED) is 0.589. The van der Waals surface area contributed by atoms with E-state index in [2.05, 4.69) is 21.2 Å². The first-order chi connectivity index (χ1) is 7.23. The second-order valence-electron chi connectivity index (χ2n) is 4.63. The second kappa shape index (κ2) is 4.42. The van der Waals surface area contributed by atoms with Crippen molar-refractivity contribution in [1.29, 1.82) is 0 Å². The summed E-state index contributed by atoms with van der Waals surface area (Å²) in [7, 11) is 0. The molecule has 2 saturated carbocycles. The lowest BCUT2D eigenvalue weighted by Crippen LogP contribution is -2.34. The predicted octanol–water partition coefficient (Wildman–Crippen LogP) is 1.44. The zero-order chi connectivity index (χ0) is 10.9. The Bertz CT molecular complexity index is 259. The van der Waals surface area contributed by atoms with Crippen molar-refractivity contribution in [3.63, 3.8) is 0 Å². The SMILES string of the molecule is O=C(NCCCCO)[C@]12CCC[C@H]1[C@@H]2Br. The fourth-order valence-electron chi connectivity index (χ4n) is 2.82. The Morgan fingerprint density at radius 3 is 2.93 bits per heavy atom. The fourth-order valence-corrected chi connectivity index (χ4v) is 4.18. The molecule has 2 N–H and O–H groups in total. The minimum Gasteiger partial charge on any atom is -0.396 e. The van der Waals surface area contributed by atoms with Gasteiger partial charge in [-0.2, -0.15) is 0 Å². The van der Waals surface area contributed by atoms with Gasteiger partial charge in [0, 0.05) is 18.0 Å². The van der Waals surface area contributed by atoms with Gasteiger partial charge in [0.25, 0.3) is 0 Å². The van der Waals surface area contributed by atoms with E-state index >= 15 is 0 Å². The molecule has 3 nitrogen and oxygen atoms in total. The lowest BCUT2D eigenvalue weighted by atomic mass is 10.0. The molecule has 0 unspecified atom stereocenters. The standard InChI is InChI=1S/C11H18BrNO2/c12-9-8-4-3-5-11(8,9)10(15)13-6-1-2-7-14/h8-9,14H,1-7H2,(H,13,15)/t8-,9-,11+/m0/s1. The number of nitrogens with one attached hydrogen (secondary N) is 1. The molecule has 0 radical (unpaired) electrons. The van der Waals surface area contributed by atoms with Gasteiger partial charge in [0.05, 0.1) is 5.41 Å². The minimum absolute atomic E-state index is 0.0702. The summed E-state index contributed by atoms with van der Waals surface area (Å²) in [6.07, 6.45) is 5.07. The van der Waals surface area contributed by atoms with Gasteiger partial charge in [-0.15, -0.1) is 0 Å². The van der Waals surface area contributed by atoms with E-state index in [-0.39, 0.29) is 17.9 Å². The number of amides is 1. The molecule has 86 valence electrons. The van der Waals surface area contributed by atoms with Crippen molar-refractivity contribution < 1.29 is 9.90 Å². The molecule has 1 amide bonds. The van der Waals surface area contributed by atoms with E-state index in [1.54, 1.807) is 0 Å². The largest absolute Gasteiger partial charge is 0.396 e. The number of aliphatic hydroxyl groups excluding tert-OH is 1. The van der Waals surface area contributed by atoms with E-state index in [9.17, 15) is 4.79 Å². The predicted molar refractivity (Wildman–Crippen MR) is 61.8 cm³/mol. The highest BCUT2D eigenvalue weighted by molar-refractivity contribution is 9.09. The molecule has 3 atom stereocenters. The van der Waals surface area contributed by atoms with Crippen molar-refractivity contribution >= 4 is 21.8 Å². The van der Waals surface area contributed by atoms with Crippen LogP contribution in [0.3, 0.4) is 0 Å². The summed E-state index contributed by atoms with van der Waals surface area (Å²) < 4.78 is 0. The van der Waals surface area contributed by atoms with E-state index in [4.69, 9.17) is 5.11 Å². The number of fused-ring (bicyclic) bond motifs is 1. The van der Waals surface area contributed by atoms with Gasteiger partial charge in [-0.3, -0.25) is 4.79 Å². The average Bonchev–Trinajstić information content (AvgIpc) is 2.66. The molecule has 2 fully saturated rings. The van der Waals surface area contributed by atoms with Crippen molar-refractivity contribution in [2.24, 2.45) is 11.3 Å². The molecule has 0 aromatic rings. The molecular formula is C11H18BrNO2. The lowest BCUT2D eigenvalue weighted by molar-refractivity contribution is -0.126. The Kier molecular flexibility index (Phi) is 3.36. The smallest absolute Gasteiger partial charge is 0.227 e. The number of alkyl halides is 1. The Labute approximate surface area is 98.8 Å². The molecule has 15 heavy (non-hydrogen) atoms. The van der Waals surface area contributed by atoms with Gasteiger partial charge < -0.3 is 10.4 Å². The summed E-state index contributed by atoms with van der Waals surface area (Å²) in [6, 6.07) is 0. The van der Waals surface area contributed by atoms with Crippen molar-refractivity contribution in [3.8, 4) is 0 Å². The number of aliphatic hydroxyl groups is 1. The number of hydrogen-bond acceptors (Lipinski definition) is 2. The molecule has 2 rings (SSSR count). The van der Waals surface area contributed by atoms with Crippen LogP contribution in [-0.4, -0.2) is 29.0 Å². The zero-order valence-corrected chi connectivity index (χ0v) is 10.4. The summed E-state index contributed by atoms with van der Waals surface area (Å²) >= 11 is 3.60. The molecule has 0 bridgehead atoms. The molecular weight excluding hydrogens is 258 g/mol. The molecule has 0 aromatic carbocycles. The average molecular weight is 276 g/mol. The van der Waals surface area contributed by atoms with E-state index in [1.807, 2.05) is 0 Å². The van der Waals surface area contributed by atoms with Crippen LogP contribution in [0.5, 0.6) is 0 Å². The summed E-state index contributed by atoms with van der Waals surface area (Å²) in [5, 5.41) is 11.6. The lowest BCUT2D eigenvalue weighted by Gasteiger charge is -2.13. The van der Waals surface area contributed by atoms with Gasteiger partial charge in [-0.25, -0.2) is 0 Å². The van der Waals surface area contributed by atoms with Gasteiger partial charge in [0.1, 0.15) is 0 Å². The van der Waals surface area contributed by atoms with Gasteiger partial charge in [-0.1, -0.05) is 22.4 Å². The minimum atomic E-state index is -0.0702. The first-order valence-electron chi connectivity index (χ1n) is 5.76. The van der Waals surface area contributed by atoms with Gasteiger partial charge >= 0.3 is 0 Å². The molecule has 0 heterocycles. The van der Waals surface area contributed by atoms with Crippen LogP contribution in [0.15, 0.2) is 0 Å². The zero-order valence-electron chi connectivity index (χ0n) is 8.84. The van der Waals surface area contributed by atoms with Crippen LogP contribution in [0, 0.1) is 11.3 Å². The van der Waals surface area contributed by atoms with Crippen LogP contribution in [-0.2, 0) is 4.79 Å². The first-order valence-corrected chi connectivity index (χ1v) is 6.68. The van der Waals surface area contributed by atoms with Crippen LogP contribution in [0.4, 0.5) is 0 Å². The highest BCUT2D eigenvalue weighted by Gasteiger charge is 2.69. The number of carbonyl (C=O) groups is 1. The molecule has 0 aliphatic heterocycles. The van der Waals surface area contributed by atoms with E-state index in [0.29, 0.717) is 17.3 Å². The Morgan fingerprint density at radius 2 is 2.33 bits per heavy atom.